The summed E-state index contributed by atoms with van der Waals surface area (Å²) in [5, 5.41) is 2.68. The van der Waals surface area contributed by atoms with Crippen molar-refractivity contribution in [2.24, 2.45) is 0 Å². The molecule has 1 N–H and O–H groups in total. The summed E-state index contributed by atoms with van der Waals surface area (Å²) in [6.45, 7) is 3.58. The number of anilines is 1. The van der Waals surface area contributed by atoms with Gasteiger partial charge in [-0.1, -0.05) is 6.92 Å². The second kappa shape index (κ2) is 4.53. The van der Waals surface area contributed by atoms with E-state index >= 15 is 0 Å². The Hall–Kier alpha value is -1.91. The molecule has 2 unspecified atom stereocenters. The van der Waals surface area contributed by atoms with Crippen LogP contribution in [0.15, 0.2) is 24.5 Å². The van der Waals surface area contributed by atoms with Gasteiger partial charge < -0.3 is 5.32 Å². The van der Waals surface area contributed by atoms with Crippen LogP contribution in [0.1, 0.15) is 20.3 Å². The third kappa shape index (κ3) is 2.00. The first-order chi connectivity index (χ1) is 8.15. The molecule has 0 aromatic carbocycles. The summed E-state index contributed by atoms with van der Waals surface area (Å²) in [6.07, 6.45) is 3.83. The minimum absolute atomic E-state index is 0.0931. The molecule has 2 rings (SSSR count). The quantitative estimate of drug-likeness (QED) is 0.818. The van der Waals surface area contributed by atoms with E-state index in [-0.39, 0.29) is 11.8 Å². The van der Waals surface area contributed by atoms with Crippen LogP contribution >= 0.6 is 0 Å². The number of carbonyl (C=O) groups excluding carboxylic acids is 2. The van der Waals surface area contributed by atoms with Gasteiger partial charge in [-0.25, -0.2) is 0 Å². The van der Waals surface area contributed by atoms with Crippen molar-refractivity contribution >= 4 is 17.5 Å². The van der Waals surface area contributed by atoms with Crippen molar-refractivity contribution in [1.29, 1.82) is 0 Å². The van der Waals surface area contributed by atoms with Gasteiger partial charge in [0, 0.05) is 6.20 Å². The lowest BCUT2D eigenvalue weighted by molar-refractivity contribution is -0.133. The molecule has 0 saturated carbocycles. The molecule has 1 fully saturated rings. The van der Waals surface area contributed by atoms with Gasteiger partial charge in [0.25, 0.3) is 0 Å². The summed E-state index contributed by atoms with van der Waals surface area (Å²) in [5.74, 6) is -0.201. The minimum atomic E-state index is -0.481. The number of nitrogens with zero attached hydrogens (tertiary/aromatic N) is 2. The highest BCUT2D eigenvalue weighted by molar-refractivity contribution is 6.08. The first-order valence-electron chi connectivity index (χ1n) is 5.68. The number of piperazine rings is 1. The second-order valence-corrected chi connectivity index (χ2v) is 4.07. The number of aromatic nitrogens is 1. The third-order valence-electron chi connectivity index (χ3n) is 2.89. The van der Waals surface area contributed by atoms with Crippen LogP contribution in [-0.2, 0) is 9.59 Å². The lowest BCUT2D eigenvalue weighted by Crippen LogP contribution is -2.62. The third-order valence-corrected chi connectivity index (χ3v) is 2.89. The molecule has 2 heterocycles. The Bertz CT molecular complexity index is 433. The van der Waals surface area contributed by atoms with Crippen molar-refractivity contribution < 1.29 is 9.59 Å². The molecule has 1 saturated heterocycles. The molecule has 5 heteroatoms. The number of nitrogens with one attached hydrogen (secondary N) is 1. The van der Waals surface area contributed by atoms with Crippen LogP contribution in [0.4, 0.5) is 5.69 Å². The van der Waals surface area contributed by atoms with E-state index in [1.165, 1.54) is 4.90 Å². The monoisotopic (exact) mass is 233 g/mol. The molecular formula is C12H15N3O2. The van der Waals surface area contributed by atoms with Gasteiger partial charge in [0.15, 0.2) is 0 Å². The van der Waals surface area contributed by atoms with E-state index in [1.54, 1.807) is 31.5 Å². The molecule has 0 bridgehead atoms. The van der Waals surface area contributed by atoms with E-state index in [0.717, 1.165) is 0 Å². The summed E-state index contributed by atoms with van der Waals surface area (Å²) in [5.41, 5.74) is 0.672. The number of carbonyl (C=O) groups is 2. The number of hydrogen-bond acceptors (Lipinski definition) is 3. The van der Waals surface area contributed by atoms with E-state index in [9.17, 15) is 9.59 Å². The molecule has 17 heavy (non-hydrogen) atoms. The van der Waals surface area contributed by atoms with Gasteiger partial charge in [-0.2, -0.15) is 0 Å². The Morgan fingerprint density at radius 3 is 2.82 bits per heavy atom. The Morgan fingerprint density at radius 1 is 1.47 bits per heavy atom. The Balaban J connectivity index is 2.39. The second-order valence-electron chi connectivity index (χ2n) is 4.07. The average molecular weight is 233 g/mol. The van der Waals surface area contributed by atoms with Gasteiger partial charge in [-0.05, 0) is 25.5 Å². The lowest BCUT2D eigenvalue weighted by atomic mass is 10.1. The molecule has 2 atom stereocenters. The first kappa shape index (κ1) is 11.6. The van der Waals surface area contributed by atoms with E-state index in [4.69, 9.17) is 0 Å². The Morgan fingerprint density at radius 2 is 2.24 bits per heavy atom. The van der Waals surface area contributed by atoms with E-state index in [2.05, 4.69) is 10.3 Å². The van der Waals surface area contributed by atoms with Gasteiger partial charge >= 0.3 is 0 Å². The van der Waals surface area contributed by atoms with Crippen molar-refractivity contribution in [3.63, 3.8) is 0 Å². The van der Waals surface area contributed by atoms with Gasteiger partial charge in [-0.15, -0.1) is 0 Å². The molecular weight excluding hydrogens is 218 g/mol. The molecule has 1 aliphatic heterocycles. The van der Waals surface area contributed by atoms with Crippen molar-refractivity contribution in [3.05, 3.63) is 24.5 Å². The summed E-state index contributed by atoms with van der Waals surface area (Å²) >= 11 is 0. The van der Waals surface area contributed by atoms with Crippen molar-refractivity contribution in [2.45, 2.75) is 32.4 Å². The first-order valence-corrected chi connectivity index (χ1v) is 5.68. The van der Waals surface area contributed by atoms with Gasteiger partial charge in [-0.3, -0.25) is 19.5 Å². The van der Waals surface area contributed by atoms with Crippen LogP contribution in [0.25, 0.3) is 0 Å². The molecule has 1 aromatic heterocycles. The fourth-order valence-electron chi connectivity index (χ4n) is 2.02. The Labute approximate surface area is 99.8 Å². The van der Waals surface area contributed by atoms with E-state index in [1.807, 2.05) is 6.92 Å². The zero-order valence-electron chi connectivity index (χ0n) is 9.88. The van der Waals surface area contributed by atoms with Crippen LogP contribution in [0.3, 0.4) is 0 Å². The normalized spacial score (nSPS) is 24.7. The van der Waals surface area contributed by atoms with Gasteiger partial charge in [0.05, 0.1) is 11.9 Å². The molecule has 0 spiro atoms. The molecule has 1 aromatic rings. The molecule has 0 aliphatic carbocycles. The minimum Gasteiger partial charge on any atom is -0.343 e. The standard InChI is InChI=1S/C12H15N3O2/c1-3-10-11(16)14-8(2)12(17)15(10)9-5-4-6-13-7-9/h4-8,10H,3H2,1-2H3,(H,14,16). The maximum absolute atomic E-state index is 12.1. The van der Waals surface area contributed by atoms with Crippen molar-refractivity contribution in [2.75, 3.05) is 4.90 Å². The number of hydrogen-bond donors (Lipinski definition) is 1. The summed E-state index contributed by atoms with van der Waals surface area (Å²) in [7, 11) is 0. The largest absolute Gasteiger partial charge is 0.343 e. The summed E-state index contributed by atoms with van der Waals surface area (Å²) in [6, 6.07) is 2.62. The number of amides is 2. The van der Waals surface area contributed by atoms with Crippen LogP contribution in [0.2, 0.25) is 0 Å². The SMILES string of the molecule is CCC1C(=O)NC(C)C(=O)N1c1cccnc1. The van der Waals surface area contributed by atoms with Crippen molar-refractivity contribution in [1.82, 2.24) is 10.3 Å². The van der Waals surface area contributed by atoms with Crippen LogP contribution in [0, 0.1) is 0 Å². The smallest absolute Gasteiger partial charge is 0.250 e. The summed E-state index contributed by atoms with van der Waals surface area (Å²) in [4.78, 5) is 29.5. The number of pyridine rings is 1. The molecule has 1 aliphatic rings. The maximum Gasteiger partial charge on any atom is 0.250 e. The highest BCUT2D eigenvalue weighted by Crippen LogP contribution is 2.21. The van der Waals surface area contributed by atoms with Crippen LogP contribution < -0.4 is 10.2 Å². The zero-order chi connectivity index (χ0) is 12.4. The highest BCUT2D eigenvalue weighted by Gasteiger charge is 2.38. The van der Waals surface area contributed by atoms with E-state index in [0.29, 0.717) is 12.1 Å². The van der Waals surface area contributed by atoms with Crippen LogP contribution in [-0.4, -0.2) is 28.9 Å². The molecule has 90 valence electrons. The molecule has 5 nitrogen and oxygen atoms in total. The van der Waals surface area contributed by atoms with Gasteiger partial charge in [0.1, 0.15) is 12.1 Å². The van der Waals surface area contributed by atoms with E-state index < -0.39 is 12.1 Å². The topological polar surface area (TPSA) is 62.3 Å². The predicted octanol–water partition coefficient (Wildman–Crippen LogP) is 0.711. The zero-order valence-corrected chi connectivity index (χ0v) is 9.88. The molecule has 0 radical (unpaired) electrons. The highest BCUT2D eigenvalue weighted by atomic mass is 16.2. The van der Waals surface area contributed by atoms with Gasteiger partial charge in [0.2, 0.25) is 11.8 Å². The van der Waals surface area contributed by atoms with Crippen LogP contribution in [0.5, 0.6) is 0 Å². The fourth-order valence-corrected chi connectivity index (χ4v) is 2.02. The number of rotatable bonds is 2. The molecule has 2 amide bonds. The lowest BCUT2D eigenvalue weighted by Gasteiger charge is -2.37. The maximum atomic E-state index is 12.1. The predicted molar refractivity (Wildman–Crippen MR) is 63.4 cm³/mol. The Kier molecular flexibility index (Phi) is 3.08. The average Bonchev–Trinajstić information content (AvgIpc) is 2.34. The summed E-state index contributed by atoms with van der Waals surface area (Å²) < 4.78 is 0. The fraction of sp³-hybridized carbons (Fsp3) is 0.417. The van der Waals surface area contributed by atoms with Crippen molar-refractivity contribution in [3.8, 4) is 0 Å².